The van der Waals surface area contributed by atoms with Crippen LogP contribution in [-0.4, -0.2) is 19.5 Å². The molecule has 0 radical (unpaired) electrons. The molecule has 0 aliphatic rings. The minimum atomic E-state index is -3.67. The Labute approximate surface area is 229 Å². The maximum atomic E-state index is 12.6. The molecule has 4 rings (SSSR count). The zero-order valence-electron chi connectivity index (χ0n) is 21.5. The first-order valence-corrected chi connectivity index (χ1v) is 14.3. The van der Waals surface area contributed by atoms with Gasteiger partial charge in [-0.25, -0.2) is 8.42 Å². The number of nitrogens with one attached hydrogen (secondary N) is 1. The lowest BCUT2D eigenvalue weighted by atomic mass is 9.93. The molecule has 198 valence electrons. The lowest BCUT2D eigenvalue weighted by molar-refractivity contribution is -0.142. The molecule has 6 nitrogen and oxygen atoms in total. The Morgan fingerprint density at radius 3 is 2.13 bits per heavy atom. The number of carboxylic acid groups (broad SMARTS) is 1. The molecule has 0 spiro atoms. The smallest absolute Gasteiger partial charge is 0.306 e. The first-order valence-electron chi connectivity index (χ1n) is 12.8. The molecule has 39 heavy (non-hydrogen) atoms. The van der Waals surface area contributed by atoms with Crippen molar-refractivity contribution in [2.75, 3.05) is 4.72 Å². The second-order valence-electron chi connectivity index (χ2n) is 9.47. The summed E-state index contributed by atoms with van der Waals surface area (Å²) in [6.45, 7) is 0. The summed E-state index contributed by atoms with van der Waals surface area (Å²) in [4.78, 5) is 12.1. The molecule has 1 atom stereocenters. The molecule has 0 bridgehead atoms. The van der Waals surface area contributed by atoms with E-state index >= 15 is 0 Å². The van der Waals surface area contributed by atoms with E-state index in [2.05, 4.69) is 10.8 Å². The predicted molar refractivity (Wildman–Crippen MR) is 153 cm³/mol. The number of carbonyl (C=O) groups is 1. The van der Waals surface area contributed by atoms with Crippen LogP contribution in [0.2, 0.25) is 0 Å². The first kappa shape index (κ1) is 27.6. The van der Waals surface area contributed by atoms with Crippen molar-refractivity contribution in [3.05, 3.63) is 120 Å². The minimum absolute atomic E-state index is 0.183. The monoisotopic (exact) mass is 538 g/mol. The van der Waals surface area contributed by atoms with E-state index in [0.29, 0.717) is 43.4 Å². The Morgan fingerprint density at radius 2 is 1.46 bits per heavy atom. The fourth-order valence-corrected chi connectivity index (χ4v) is 5.53. The number of hydrogen-bond donors (Lipinski definition) is 2. The largest absolute Gasteiger partial charge is 0.481 e. The average molecular weight is 539 g/mol. The maximum Gasteiger partial charge on any atom is 0.306 e. The highest BCUT2D eigenvalue weighted by Crippen LogP contribution is 2.23. The summed E-state index contributed by atoms with van der Waals surface area (Å²) in [5.74, 6) is -1.25. The third kappa shape index (κ3) is 7.79. The van der Waals surface area contributed by atoms with Crippen molar-refractivity contribution in [3.8, 4) is 17.2 Å². The Kier molecular flexibility index (Phi) is 9.14. The van der Waals surface area contributed by atoms with Crippen LogP contribution in [0.5, 0.6) is 0 Å². The lowest BCUT2D eigenvalue weighted by Crippen LogP contribution is -2.15. The zero-order valence-corrected chi connectivity index (χ0v) is 22.3. The molecular weight excluding hydrogens is 508 g/mol. The Morgan fingerprint density at radius 1 is 0.795 bits per heavy atom. The van der Waals surface area contributed by atoms with Crippen LogP contribution >= 0.6 is 0 Å². The van der Waals surface area contributed by atoms with Gasteiger partial charge in [-0.1, -0.05) is 66.7 Å². The van der Waals surface area contributed by atoms with Crippen molar-refractivity contribution in [1.82, 2.24) is 0 Å². The third-order valence-electron chi connectivity index (χ3n) is 6.69. The highest BCUT2D eigenvalue weighted by Gasteiger charge is 2.18. The van der Waals surface area contributed by atoms with E-state index in [1.165, 1.54) is 0 Å². The minimum Gasteiger partial charge on any atom is -0.481 e. The Hall–Kier alpha value is -4.41. The number of nitriles is 1. The summed E-state index contributed by atoms with van der Waals surface area (Å²) < 4.78 is 27.8. The maximum absolute atomic E-state index is 12.6. The third-order valence-corrected chi connectivity index (χ3v) is 8.08. The normalized spacial score (nSPS) is 11.9. The second-order valence-corrected chi connectivity index (χ2v) is 11.2. The van der Waals surface area contributed by atoms with Crippen LogP contribution in [0, 0.1) is 17.2 Å². The molecule has 4 aromatic carbocycles. The summed E-state index contributed by atoms with van der Waals surface area (Å²) in [6.07, 6.45) is 3.12. The van der Waals surface area contributed by atoms with Gasteiger partial charge in [-0.15, -0.1) is 0 Å². The van der Waals surface area contributed by atoms with Gasteiger partial charge in [0.05, 0.1) is 22.4 Å². The molecule has 0 amide bonds. The van der Waals surface area contributed by atoms with Gasteiger partial charge in [0.2, 0.25) is 0 Å². The van der Waals surface area contributed by atoms with E-state index < -0.39 is 21.9 Å². The van der Waals surface area contributed by atoms with Crippen LogP contribution in [0.4, 0.5) is 5.69 Å². The van der Waals surface area contributed by atoms with Gasteiger partial charge in [0.15, 0.2) is 0 Å². The van der Waals surface area contributed by atoms with E-state index in [-0.39, 0.29) is 4.90 Å². The van der Waals surface area contributed by atoms with E-state index in [1.807, 2.05) is 48.5 Å². The summed E-state index contributed by atoms with van der Waals surface area (Å²) in [5.41, 5.74) is 5.14. The molecule has 7 heteroatoms. The van der Waals surface area contributed by atoms with Crippen LogP contribution in [0.25, 0.3) is 11.1 Å². The summed E-state index contributed by atoms with van der Waals surface area (Å²) in [7, 11) is -3.67. The lowest BCUT2D eigenvalue weighted by Gasteiger charge is -2.13. The van der Waals surface area contributed by atoms with E-state index in [9.17, 15) is 18.3 Å². The fourth-order valence-electron chi connectivity index (χ4n) is 4.47. The molecule has 0 saturated carbocycles. The molecule has 0 fully saturated rings. The number of hydrogen-bond acceptors (Lipinski definition) is 4. The van der Waals surface area contributed by atoms with Crippen molar-refractivity contribution in [1.29, 1.82) is 5.26 Å². The zero-order chi connectivity index (χ0) is 27.7. The van der Waals surface area contributed by atoms with Gasteiger partial charge in [0, 0.05) is 5.69 Å². The quantitative estimate of drug-likeness (QED) is 0.209. The van der Waals surface area contributed by atoms with Crippen molar-refractivity contribution < 1.29 is 18.3 Å². The van der Waals surface area contributed by atoms with Crippen LogP contribution < -0.4 is 4.72 Å². The molecule has 0 saturated heterocycles. The number of para-hydroxylation sites is 1. The first-order chi connectivity index (χ1) is 18.8. The van der Waals surface area contributed by atoms with Gasteiger partial charge in [-0.3, -0.25) is 9.52 Å². The number of rotatable bonds is 12. The van der Waals surface area contributed by atoms with Gasteiger partial charge in [-0.05, 0) is 90.8 Å². The molecule has 4 aromatic rings. The molecular formula is C32H30N2O4S. The summed E-state index contributed by atoms with van der Waals surface area (Å²) in [6, 6.07) is 33.1. The number of anilines is 1. The number of benzene rings is 4. The molecule has 0 aliphatic heterocycles. The van der Waals surface area contributed by atoms with Crippen LogP contribution in [0.1, 0.15) is 36.0 Å². The number of aryl methyl sites for hydroxylation is 2. The number of carboxylic acids is 1. The Bertz CT molecular complexity index is 1540. The standard InChI is InChI=1S/C32H30N2O4S/c33-23-26-7-5-9-29(22-26)27-17-12-25(13-18-27)14-19-28(32(35)36)8-4-6-24-15-20-31(21-16-24)39(37,38)34-30-10-2-1-3-11-30/h1-3,5,7,9-13,15-18,20-22,28,34H,4,6,8,14,19H2,(H,35,36). The van der Waals surface area contributed by atoms with Crippen molar-refractivity contribution in [2.45, 2.75) is 37.0 Å². The van der Waals surface area contributed by atoms with E-state index in [4.69, 9.17) is 5.26 Å². The topological polar surface area (TPSA) is 107 Å². The van der Waals surface area contributed by atoms with Gasteiger partial charge < -0.3 is 5.11 Å². The summed E-state index contributed by atoms with van der Waals surface area (Å²) >= 11 is 0. The molecule has 0 aliphatic carbocycles. The SMILES string of the molecule is N#Cc1cccc(-c2ccc(CCC(CCCc3ccc(S(=O)(=O)Nc4ccccc4)cc3)C(=O)O)cc2)c1. The van der Waals surface area contributed by atoms with Gasteiger partial charge in [0.25, 0.3) is 10.0 Å². The number of nitrogens with zero attached hydrogens (tertiary/aromatic N) is 1. The average Bonchev–Trinajstić information content (AvgIpc) is 2.95. The number of aliphatic carboxylic acids is 1. The highest BCUT2D eigenvalue weighted by atomic mass is 32.2. The molecule has 1 unspecified atom stereocenters. The van der Waals surface area contributed by atoms with Gasteiger partial charge in [0.1, 0.15) is 0 Å². The van der Waals surface area contributed by atoms with Crippen molar-refractivity contribution >= 4 is 21.7 Å². The van der Waals surface area contributed by atoms with Crippen LogP contribution in [0.15, 0.2) is 108 Å². The molecule has 0 aromatic heterocycles. The second kappa shape index (κ2) is 12.9. The van der Waals surface area contributed by atoms with Gasteiger partial charge in [-0.2, -0.15) is 5.26 Å². The van der Waals surface area contributed by atoms with Crippen molar-refractivity contribution in [3.63, 3.8) is 0 Å². The van der Waals surface area contributed by atoms with Crippen LogP contribution in [0.3, 0.4) is 0 Å². The Balaban J connectivity index is 1.27. The predicted octanol–water partition coefficient (Wildman–Crippen LogP) is 6.68. The van der Waals surface area contributed by atoms with Crippen molar-refractivity contribution in [2.24, 2.45) is 5.92 Å². The highest BCUT2D eigenvalue weighted by molar-refractivity contribution is 7.92. The van der Waals surface area contributed by atoms with Gasteiger partial charge >= 0.3 is 5.97 Å². The molecule has 2 N–H and O–H groups in total. The molecule has 0 heterocycles. The summed E-state index contributed by atoms with van der Waals surface area (Å²) in [5, 5.41) is 18.8. The number of sulfonamides is 1. The van der Waals surface area contributed by atoms with E-state index in [0.717, 1.165) is 22.3 Å². The fraction of sp³-hybridized carbons (Fsp3) is 0.188. The van der Waals surface area contributed by atoms with Crippen LogP contribution in [-0.2, 0) is 27.7 Å². The van der Waals surface area contributed by atoms with E-state index in [1.54, 1.807) is 54.6 Å².